The summed E-state index contributed by atoms with van der Waals surface area (Å²) in [5.74, 6) is -4.04. The zero-order valence-electron chi connectivity index (χ0n) is 26.3. The molecule has 2 amide bonds. The third kappa shape index (κ3) is 7.15. The third-order valence-electron chi connectivity index (χ3n) is 9.25. The van der Waals surface area contributed by atoms with Crippen molar-refractivity contribution in [2.75, 3.05) is 26.2 Å². The van der Waals surface area contributed by atoms with Gasteiger partial charge in [0, 0.05) is 44.2 Å². The first-order chi connectivity index (χ1) is 22.2. The van der Waals surface area contributed by atoms with Gasteiger partial charge in [-0.2, -0.15) is 4.39 Å². The van der Waals surface area contributed by atoms with Gasteiger partial charge in [-0.05, 0) is 79.8 Å². The molecule has 2 heterocycles. The maximum absolute atomic E-state index is 14.5. The van der Waals surface area contributed by atoms with E-state index in [4.69, 9.17) is 4.74 Å². The van der Waals surface area contributed by atoms with Crippen molar-refractivity contribution in [3.63, 3.8) is 0 Å². The van der Waals surface area contributed by atoms with Gasteiger partial charge in [0.05, 0.1) is 12.6 Å². The van der Waals surface area contributed by atoms with Crippen molar-refractivity contribution in [1.82, 2.24) is 15.1 Å². The molecule has 0 radical (unpaired) electrons. The SMILES string of the molecule is CC(=O)N1CC2CC(c3ccc(CCCOc4c(F)ccc(F)c4F)cc3)=C(C(=O)N(CCc3ccc(C)cc3)C3CC3)C(C1)N2. The molecule has 2 unspecified atom stereocenters. The summed E-state index contributed by atoms with van der Waals surface area (Å²) in [7, 11) is 0. The molecular formula is C37H40F3N3O3. The van der Waals surface area contributed by atoms with Crippen molar-refractivity contribution in [2.45, 2.75) is 70.5 Å². The minimum Gasteiger partial charge on any atom is -0.488 e. The topological polar surface area (TPSA) is 61.9 Å². The van der Waals surface area contributed by atoms with Gasteiger partial charge in [-0.25, -0.2) is 8.78 Å². The van der Waals surface area contributed by atoms with Crippen molar-refractivity contribution in [3.8, 4) is 5.75 Å². The lowest BCUT2D eigenvalue weighted by Crippen LogP contribution is -2.62. The van der Waals surface area contributed by atoms with E-state index in [1.54, 1.807) is 6.92 Å². The zero-order valence-corrected chi connectivity index (χ0v) is 26.3. The number of ether oxygens (including phenoxy) is 1. The van der Waals surface area contributed by atoms with Crippen LogP contribution in [0.1, 0.15) is 54.9 Å². The van der Waals surface area contributed by atoms with Crippen molar-refractivity contribution >= 4 is 17.4 Å². The highest BCUT2D eigenvalue weighted by molar-refractivity contribution is 6.03. The second-order valence-electron chi connectivity index (χ2n) is 12.7. The van der Waals surface area contributed by atoms with E-state index in [9.17, 15) is 22.8 Å². The zero-order chi connectivity index (χ0) is 32.4. The largest absolute Gasteiger partial charge is 0.488 e. The Kier molecular flexibility index (Phi) is 9.49. The van der Waals surface area contributed by atoms with Gasteiger partial charge in [0.15, 0.2) is 17.4 Å². The van der Waals surface area contributed by atoms with Crippen molar-refractivity contribution in [3.05, 3.63) is 106 Å². The molecule has 3 aliphatic rings. The summed E-state index contributed by atoms with van der Waals surface area (Å²) in [6, 6.07) is 18.1. The normalized spacial score (nSPS) is 19.3. The van der Waals surface area contributed by atoms with E-state index in [1.807, 2.05) is 34.1 Å². The summed E-state index contributed by atoms with van der Waals surface area (Å²) >= 11 is 0. The number of benzene rings is 3. The first-order valence-electron chi connectivity index (χ1n) is 16.1. The van der Waals surface area contributed by atoms with E-state index in [0.717, 1.165) is 53.7 Å². The molecule has 9 heteroatoms. The van der Waals surface area contributed by atoms with Crippen LogP contribution in [0.4, 0.5) is 13.2 Å². The van der Waals surface area contributed by atoms with Crippen LogP contribution in [0.3, 0.4) is 0 Å². The number of rotatable bonds is 11. The van der Waals surface area contributed by atoms with Crippen molar-refractivity contribution in [2.24, 2.45) is 0 Å². The highest BCUT2D eigenvalue weighted by Crippen LogP contribution is 2.37. The number of hydrogen-bond acceptors (Lipinski definition) is 4. The van der Waals surface area contributed by atoms with E-state index >= 15 is 0 Å². The highest BCUT2D eigenvalue weighted by Gasteiger charge is 2.42. The van der Waals surface area contributed by atoms with Gasteiger partial charge in [0.25, 0.3) is 5.91 Å². The van der Waals surface area contributed by atoms with Gasteiger partial charge in [0.2, 0.25) is 11.7 Å². The molecule has 1 aliphatic carbocycles. The Bertz CT molecular complexity index is 1620. The van der Waals surface area contributed by atoms with Crippen LogP contribution in [0.15, 0.2) is 66.2 Å². The van der Waals surface area contributed by atoms with Gasteiger partial charge in [0.1, 0.15) is 0 Å². The van der Waals surface area contributed by atoms with E-state index in [2.05, 4.69) is 36.5 Å². The Balaban J connectivity index is 1.20. The van der Waals surface area contributed by atoms with Gasteiger partial charge in [-0.1, -0.05) is 54.1 Å². The summed E-state index contributed by atoms with van der Waals surface area (Å²) in [4.78, 5) is 30.8. The van der Waals surface area contributed by atoms with E-state index in [-0.39, 0.29) is 36.5 Å². The molecule has 46 heavy (non-hydrogen) atoms. The summed E-state index contributed by atoms with van der Waals surface area (Å²) in [6.45, 7) is 5.37. The lowest BCUT2D eigenvalue weighted by Gasteiger charge is -2.44. The summed E-state index contributed by atoms with van der Waals surface area (Å²) in [5.41, 5.74) is 6.17. The van der Waals surface area contributed by atoms with Crippen molar-refractivity contribution in [1.29, 1.82) is 0 Å². The molecule has 2 atom stereocenters. The van der Waals surface area contributed by atoms with Gasteiger partial charge >= 0.3 is 0 Å². The maximum Gasteiger partial charge on any atom is 0.252 e. The molecular weight excluding hydrogens is 591 g/mol. The van der Waals surface area contributed by atoms with E-state index in [0.29, 0.717) is 38.9 Å². The number of hydrogen-bond donors (Lipinski definition) is 1. The summed E-state index contributed by atoms with van der Waals surface area (Å²) in [6.07, 6.45) is 4.49. The van der Waals surface area contributed by atoms with Crippen LogP contribution >= 0.6 is 0 Å². The van der Waals surface area contributed by atoms with Gasteiger partial charge in [-0.15, -0.1) is 0 Å². The number of amides is 2. The predicted molar refractivity (Wildman–Crippen MR) is 171 cm³/mol. The fourth-order valence-corrected chi connectivity index (χ4v) is 6.58. The fraction of sp³-hybridized carbons (Fsp3) is 0.405. The lowest BCUT2D eigenvalue weighted by molar-refractivity contribution is -0.132. The van der Waals surface area contributed by atoms with Crippen LogP contribution in [0.5, 0.6) is 5.75 Å². The standard InChI is InChI=1S/C37H40F3N3O3/c1-23-5-7-26(8-6-23)17-18-43(29-13-14-29)37(45)34-30(20-28-21-42(24(2)44)22-33(34)41-28)27-11-9-25(10-12-27)4-3-19-46-36-32(39)16-15-31(38)35(36)40/h5-12,15-16,28-29,33,41H,3-4,13-14,17-22H2,1-2H3. The monoisotopic (exact) mass is 631 g/mol. The number of aryl methyl sites for hydroxylation is 2. The van der Waals surface area contributed by atoms with Crippen molar-refractivity contribution < 1.29 is 27.5 Å². The smallest absolute Gasteiger partial charge is 0.252 e. The predicted octanol–water partition coefficient (Wildman–Crippen LogP) is 6.00. The molecule has 1 saturated heterocycles. The first-order valence-corrected chi connectivity index (χ1v) is 16.1. The fourth-order valence-electron chi connectivity index (χ4n) is 6.58. The number of carbonyl (C=O) groups is 2. The van der Waals surface area contributed by atoms with Crippen LogP contribution in [-0.2, 0) is 22.4 Å². The average Bonchev–Trinajstić information content (AvgIpc) is 3.89. The third-order valence-corrected chi connectivity index (χ3v) is 9.25. The first kappa shape index (κ1) is 31.9. The Hall–Kier alpha value is -4.11. The number of piperazine rings is 1. The number of fused-ring (bicyclic) bond motifs is 2. The Morgan fingerprint density at radius 2 is 1.59 bits per heavy atom. The molecule has 3 aromatic carbocycles. The minimum atomic E-state index is -1.32. The maximum atomic E-state index is 14.5. The van der Waals surface area contributed by atoms with Crippen LogP contribution in [0.25, 0.3) is 5.57 Å². The van der Waals surface area contributed by atoms with Gasteiger partial charge in [-0.3, -0.25) is 9.59 Å². The molecule has 6 rings (SSSR count). The van der Waals surface area contributed by atoms with Crippen LogP contribution in [-0.4, -0.2) is 66.0 Å². The molecule has 3 aromatic rings. The molecule has 242 valence electrons. The molecule has 6 nitrogen and oxygen atoms in total. The lowest BCUT2D eigenvalue weighted by atomic mass is 9.82. The molecule has 1 N–H and O–H groups in total. The average molecular weight is 632 g/mol. The molecule has 0 aromatic heterocycles. The van der Waals surface area contributed by atoms with Crippen LogP contribution < -0.4 is 10.1 Å². The van der Waals surface area contributed by atoms with Crippen LogP contribution in [0, 0.1) is 24.4 Å². The number of carbonyl (C=O) groups excluding carboxylic acids is 2. The molecule has 2 aliphatic heterocycles. The summed E-state index contributed by atoms with van der Waals surface area (Å²) < 4.78 is 46.5. The van der Waals surface area contributed by atoms with E-state index < -0.39 is 23.2 Å². The Morgan fingerprint density at radius 1 is 0.913 bits per heavy atom. The number of nitrogens with one attached hydrogen (secondary N) is 1. The summed E-state index contributed by atoms with van der Waals surface area (Å²) in [5, 5.41) is 3.64. The second kappa shape index (κ2) is 13.7. The number of nitrogens with zero attached hydrogens (tertiary/aromatic N) is 2. The molecule has 2 bridgehead atoms. The quantitative estimate of drug-likeness (QED) is 0.208. The Morgan fingerprint density at radius 3 is 2.28 bits per heavy atom. The molecule has 1 saturated carbocycles. The van der Waals surface area contributed by atoms with Crippen LogP contribution in [0.2, 0.25) is 0 Å². The highest BCUT2D eigenvalue weighted by atomic mass is 19.2. The van der Waals surface area contributed by atoms with Gasteiger partial charge < -0.3 is 19.9 Å². The molecule has 2 fully saturated rings. The number of halogens is 3. The second-order valence-corrected chi connectivity index (χ2v) is 12.7. The minimum absolute atomic E-state index is 0.0152. The van der Waals surface area contributed by atoms with E-state index in [1.165, 1.54) is 11.1 Å². The molecule has 0 spiro atoms. The Labute approximate surface area is 268 Å².